The van der Waals surface area contributed by atoms with E-state index in [0.717, 1.165) is 16.7 Å². The second kappa shape index (κ2) is 8.45. The van der Waals surface area contributed by atoms with Gasteiger partial charge in [-0.2, -0.15) is 0 Å². The summed E-state index contributed by atoms with van der Waals surface area (Å²) in [5.74, 6) is -0.0996. The van der Waals surface area contributed by atoms with E-state index in [1.807, 2.05) is 54.6 Å². The highest BCUT2D eigenvalue weighted by atomic mass is 16.5. The van der Waals surface area contributed by atoms with Crippen LogP contribution in [0.1, 0.15) is 38.7 Å². The zero-order valence-electron chi connectivity index (χ0n) is 15.1. The minimum atomic E-state index is -0.199. The molecule has 0 heterocycles. The lowest BCUT2D eigenvalue weighted by Crippen LogP contribution is -2.29. The lowest BCUT2D eigenvalue weighted by atomic mass is 9.97. The van der Waals surface area contributed by atoms with E-state index in [2.05, 4.69) is 36.5 Å². The number of hydrogen-bond acceptors (Lipinski definition) is 2. The molecule has 3 heteroatoms. The maximum absolute atomic E-state index is 12.9. The summed E-state index contributed by atoms with van der Waals surface area (Å²) in [6, 6.07) is 25.6. The Bertz CT molecular complexity index is 857. The number of amides is 1. The number of nitrogens with one attached hydrogen (secondary N) is 1. The monoisotopic (exact) mass is 345 g/mol. The van der Waals surface area contributed by atoms with Crippen LogP contribution in [0.5, 0.6) is 0 Å². The Balaban J connectivity index is 1.89. The molecule has 1 N–H and O–H groups in total. The van der Waals surface area contributed by atoms with Crippen LogP contribution < -0.4 is 5.32 Å². The number of methoxy groups -OCH3 is 1. The molecule has 132 valence electrons. The summed E-state index contributed by atoms with van der Waals surface area (Å²) in [6.07, 6.45) is 0. The zero-order valence-corrected chi connectivity index (χ0v) is 15.1. The van der Waals surface area contributed by atoms with Gasteiger partial charge >= 0.3 is 0 Å². The fraction of sp³-hybridized carbons (Fsp3) is 0.174. The van der Waals surface area contributed by atoms with Gasteiger partial charge in [0.25, 0.3) is 5.91 Å². The van der Waals surface area contributed by atoms with Crippen LogP contribution in [0, 0.1) is 6.92 Å². The van der Waals surface area contributed by atoms with Gasteiger partial charge in [0, 0.05) is 12.7 Å². The molecule has 3 aromatic rings. The van der Waals surface area contributed by atoms with Crippen molar-refractivity contribution in [3.05, 3.63) is 107 Å². The normalized spacial score (nSPS) is 11.8. The summed E-state index contributed by atoms with van der Waals surface area (Å²) in [7, 11) is 1.65. The van der Waals surface area contributed by atoms with Crippen molar-refractivity contribution in [3.8, 4) is 0 Å². The van der Waals surface area contributed by atoms with Crippen molar-refractivity contribution >= 4 is 5.91 Å². The van der Waals surface area contributed by atoms with Gasteiger partial charge in [-0.3, -0.25) is 4.79 Å². The first-order valence-electron chi connectivity index (χ1n) is 8.67. The van der Waals surface area contributed by atoms with Crippen LogP contribution in [0.15, 0.2) is 78.9 Å². The van der Waals surface area contributed by atoms with Crippen LogP contribution in [-0.4, -0.2) is 13.0 Å². The Morgan fingerprint density at radius 1 is 0.923 bits per heavy atom. The average Bonchev–Trinajstić information content (AvgIpc) is 2.68. The SMILES string of the molecule is COCc1cccc(C(=O)NC(c2ccccc2)c2ccc(C)cc2)c1. The van der Waals surface area contributed by atoms with E-state index >= 15 is 0 Å². The first kappa shape index (κ1) is 17.9. The van der Waals surface area contributed by atoms with Gasteiger partial charge in [0.05, 0.1) is 12.6 Å². The summed E-state index contributed by atoms with van der Waals surface area (Å²) in [5.41, 5.74) is 4.92. The molecule has 1 atom stereocenters. The predicted molar refractivity (Wildman–Crippen MR) is 104 cm³/mol. The third kappa shape index (κ3) is 4.38. The molecule has 26 heavy (non-hydrogen) atoms. The molecule has 0 fully saturated rings. The van der Waals surface area contributed by atoms with Crippen LogP contribution >= 0.6 is 0 Å². The summed E-state index contributed by atoms with van der Waals surface area (Å²) in [6.45, 7) is 2.54. The van der Waals surface area contributed by atoms with E-state index in [0.29, 0.717) is 12.2 Å². The second-order valence-corrected chi connectivity index (χ2v) is 6.36. The molecule has 0 saturated heterocycles. The van der Waals surface area contributed by atoms with Gasteiger partial charge in [-0.25, -0.2) is 0 Å². The lowest BCUT2D eigenvalue weighted by Gasteiger charge is -2.20. The fourth-order valence-electron chi connectivity index (χ4n) is 2.95. The second-order valence-electron chi connectivity index (χ2n) is 6.36. The van der Waals surface area contributed by atoms with E-state index < -0.39 is 0 Å². The van der Waals surface area contributed by atoms with Crippen LogP contribution in [0.25, 0.3) is 0 Å². The van der Waals surface area contributed by atoms with Crippen molar-refractivity contribution in [1.29, 1.82) is 0 Å². The van der Waals surface area contributed by atoms with E-state index in [1.165, 1.54) is 5.56 Å². The van der Waals surface area contributed by atoms with Gasteiger partial charge in [0.2, 0.25) is 0 Å². The average molecular weight is 345 g/mol. The van der Waals surface area contributed by atoms with Crippen molar-refractivity contribution < 1.29 is 9.53 Å². The number of carbonyl (C=O) groups excluding carboxylic acids is 1. The molecule has 0 saturated carbocycles. The minimum Gasteiger partial charge on any atom is -0.380 e. The molecule has 1 unspecified atom stereocenters. The van der Waals surface area contributed by atoms with Crippen molar-refractivity contribution in [2.24, 2.45) is 0 Å². The molecule has 0 spiro atoms. The molecular weight excluding hydrogens is 322 g/mol. The number of rotatable bonds is 6. The van der Waals surface area contributed by atoms with Crippen molar-refractivity contribution in [2.75, 3.05) is 7.11 Å². The molecule has 0 aliphatic rings. The number of carbonyl (C=O) groups is 1. The number of aryl methyl sites for hydroxylation is 1. The Hall–Kier alpha value is -2.91. The van der Waals surface area contributed by atoms with E-state index in [4.69, 9.17) is 4.74 Å². The van der Waals surface area contributed by atoms with Crippen LogP contribution in [0.4, 0.5) is 0 Å². The van der Waals surface area contributed by atoms with Crippen molar-refractivity contribution in [3.63, 3.8) is 0 Å². The molecule has 3 aromatic carbocycles. The number of hydrogen-bond donors (Lipinski definition) is 1. The number of ether oxygens (including phenoxy) is 1. The molecule has 0 aliphatic carbocycles. The maximum Gasteiger partial charge on any atom is 0.252 e. The smallest absolute Gasteiger partial charge is 0.252 e. The molecule has 3 nitrogen and oxygen atoms in total. The minimum absolute atomic E-state index is 0.0996. The molecule has 0 bridgehead atoms. The van der Waals surface area contributed by atoms with Crippen molar-refractivity contribution in [1.82, 2.24) is 5.32 Å². The fourth-order valence-corrected chi connectivity index (χ4v) is 2.95. The molecular formula is C23H23NO2. The van der Waals surface area contributed by atoms with Gasteiger partial charge in [-0.05, 0) is 35.7 Å². The Morgan fingerprint density at radius 3 is 2.31 bits per heavy atom. The van der Waals surface area contributed by atoms with Gasteiger partial charge in [-0.15, -0.1) is 0 Å². The van der Waals surface area contributed by atoms with Gasteiger partial charge in [0.1, 0.15) is 0 Å². The van der Waals surface area contributed by atoms with E-state index in [-0.39, 0.29) is 11.9 Å². The van der Waals surface area contributed by atoms with Gasteiger partial charge < -0.3 is 10.1 Å². The Kier molecular flexibility index (Phi) is 5.82. The van der Waals surface area contributed by atoms with Crippen LogP contribution in [-0.2, 0) is 11.3 Å². The highest BCUT2D eigenvalue weighted by Crippen LogP contribution is 2.23. The third-order valence-corrected chi connectivity index (χ3v) is 4.32. The third-order valence-electron chi connectivity index (χ3n) is 4.32. The van der Waals surface area contributed by atoms with Crippen molar-refractivity contribution in [2.45, 2.75) is 19.6 Å². The van der Waals surface area contributed by atoms with Gasteiger partial charge in [0.15, 0.2) is 0 Å². The molecule has 3 rings (SSSR count). The Labute approximate surface area is 154 Å². The summed E-state index contributed by atoms with van der Waals surface area (Å²) < 4.78 is 5.16. The van der Waals surface area contributed by atoms with Crippen LogP contribution in [0.2, 0.25) is 0 Å². The summed E-state index contributed by atoms with van der Waals surface area (Å²) in [4.78, 5) is 12.9. The molecule has 0 aliphatic heterocycles. The topological polar surface area (TPSA) is 38.3 Å². The van der Waals surface area contributed by atoms with Crippen LogP contribution in [0.3, 0.4) is 0 Å². The highest BCUT2D eigenvalue weighted by molar-refractivity contribution is 5.94. The largest absolute Gasteiger partial charge is 0.380 e. The Morgan fingerprint density at radius 2 is 1.62 bits per heavy atom. The van der Waals surface area contributed by atoms with Gasteiger partial charge in [-0.1, -0.05) is 72.3 Å². The first-order chi connectivity index (χ1) is 12.7. The molecule has 1 amide bonds. The maximum atomic E-state index is 12.9. The standard InChI is InChI=1S/C23H23NO2/c1-17-11-13-20(14-12-17)22(19-8-4-3-5-9-19)24-23(25)21-10-6-7-18(15-21)16-26-2/h3-15,22H,16H2,1-2H3,(H,24,25). The predicted octanol–water partition coefficient (Wildman–Crippen LogP) is 4.66. The molecule has 0 aromatic heterocycles. The summed E-state index contributed by atoms with van der Waals surface area (Å²) in [5, 5.41) is 3.17. The zero-order chi connectivity index (χ0) is 18.4. The quantitative estimate of drug-likeness (QED) is 0.705. The highest BCUT2D eigenvalue weighted by Gasteiger charge is 2.18. The van der Waals surface area contributed by atoms with E-state index in [1.54, 1.807) is 7.11 Å². The van der Waals surface area contributed by atoms with E-state index in [9.17, 15) is 4.79 Å². The summed E-state index contributed by atoms with van der Waals surface area (Å²) >= 11 is 0. The number of benzene rings is 3. The first-order valence-corrected chi connectivity index (χ1v) is 8.67. The molecule has 0 radical (unpaired) electrons. The lowest BCUT2D eigenvalue weighted by molar-refractivity contribution is 0.0942.